The highest BCUT2D eigenvalue weighted by Crippen LogP contribution is 2.24. The number of carbonyl (C=O) groups is 1. The van der Waals surface area contributed by atoms with E-state index in [2.05, 4.69) is 4.72 Å². The third kappa shape index (κ3) is 5.95. The number of hydrogen-bond donors (Lipinski definition) is 1. The molecule has 0 saturated heterocycles. The van der Waals surface area contributed by atoms with Crippen LogP contribution < -0.4 is 4.72 Å². The summed E-state index contributed by atoms with van der Waals surface area (Å²) in [5.41, 5.74) is 1.88. The number of non-ortho nitro benzene ring substituents is 1. The van der Waals surface area contributed by atoms with Gasteiger partial charge >= 0.3 is 0 Å². The molecule has 0 unspecified atom stereocenters. The fourth-order valence-corrected chi connectivity index (χ4v) is 4.41. The zero-order chi connectivity index (χ0) is 24.2. The molecular formula is C23H22ClN3O5S. The molecule has 0 radical (unpaired) electrons. The van der Waals surface area contributed by atoms with E-state index in [4.69, 9.17) is 11.6 Å². The van der Waals surface area contributed by atoms with Gasteiger partial charge in [0.15, 0.2) is 0 Å². The molecule has 0 aliphatic heterocycles. The van der Waals surface area contributed by atoms with Gasteiger partial charge in [0.2, 0.25) is 10.0 Å². The van der Waals surface area contributed by atoms with Crippen LogP contribution in [0.15, 0.2) is 71.6 Å². The Hall–Kier alpha value is -3.27. The number of carbonyl (C=O) groups excluding carboxylic acids is 1. The summed E-state index contributed by atoms with van der Waals surface area (Å²) in [6.07, 6.45) is 0. The van der Waals surface area contributed by atoms with Gasteiger partial charge in [0.25, 0.3) is 11.6 Å². The van der Waals surface area contributed by atoms with Crippen LogP contribution in [0.5, 0.6) is 0 Å². The maximum absolute atomic E-state index is 13.1. The lowest BCUT2D eigenvalue weighted by Gasteiger charge is -2.20. The molecule has 0 fully saturated rings. The molecule has 0 aliphatic rings. The number of aryl methyl sites for hydroxylation is 1. The van der Waals surface area contributed by atoms with E-state index in [0.29, 0.717) is 16.1 Å². The molecule has 0 spiro atoms. The van der Waals surface area contributed by atoms with Crippen molar-refractivity contribution in [3.05, 3.63) is 104 Å². The molecule has 1 amide bonds. The number of nitrogens with zero attached hydrogens (tertiary/aromatic N) is 2. The summed E-state index contributed by atoms with van der Waals surface area (Å²) in [5.74, 6) is -0.435. The molecule has 0 bridgehead atoms. The Labute approximate surface area is 197 Å². The Balaban J connectivity index is 1.81. The minimum atomic E-state index is -3.85. The molecule has 0 aromatic heterocycles. The van der Waals surface area contributed by atoms with Gasteiger partial charge in [0.05, 0.1) is 9.82 Å². The summed E-state index contributed by atoms with van der Waals surface area (Å²) < 4.78 is 28.1. The highest BCUT2D eigenvalue weighted by atomic mass is 35.5. The minimum absolute atomic E-state index is 0.0159. The Morgan fingerprint density at radius 3 is 2.45 bits per heavy atom. The van der Waals surface area contributed by atoms with Crippen molar-refractivity contribution in [2.45, 2.75) is 24.9 Å². The van der Waals surface area contributed by atoms with Gasteiger partial charge in [-0.3, -0.25) is 14.9 Å². The van der Waals surface area contributed by atoms with E-state index < -0.39 is 20.9 Å². The number of sulfonamides is 1. The van der Waals surface area contributed by atoms with E-state index in [9.17, 15) is 23.3 Å². The zero-order valence-electron chi connectivity index (χ0n) is 18.0. The van der Waals surface area contributed by atoms with Gasteiger partial charge in [-0.05, 0) is 41.8 Å². The number of amides is 1. The fourth-order valence-electron chi connectivity index (χ4n) is 3.19. The highest BCUT2D eigenvalue weighted by molar-refractivity contribution is 7.89. The number of benzene rings is 3. The Morgan fingerprint density at radius 2 is 1.79 bits per heavy atom. The molecule has 0 saturated carbocycles. The van der Waals surface area contributed by atoms with E-state index >= 15 is 0 Å². The second-order valence-electron chi connectivity index (χ2n) is 7.48. The normalized spacial score (nSPS) is 11.2. The standard InChI is InChI=1S/C23H22ClN3O5S/c1-16-8-10-20(33(31,32)25-14-17-6-4-3-5-7-17)13-21(16)23(28)26(2)15-18-12-19(27(29)30)9-11-22(18)24/h3-13,25H,14-15H2,1-2H3. The van der Waals surface area contributed by atoms with Gasteiger partial charge in [0.1, 0.15) is 0 Å². The third-order valence-electron chi connectivity index (χ3n) is 5.05. The van der Waals surface area contributed by atoms with Crippen molar-refractivity contribution in [2.24, 2.45) is 0 Å². The number of halogens is 1. The smallest absolute Gasteiger partial charge is 0.269 e. The molecule has 3 aromatic carbocycles. The first-order valence-corrected chi connectivity index (χ1v) is 11.8. The lowest BCUT2D eigenvalue weighted by molar-refractivity contribution is -0.384. The largest absolute Gasteiger partial charge is 0.337 e. The first-order chi connectivity index (χ1) is 15.6. The average Bonchev–Trinajstić information content (AvgIpc) is 2.79. The second kappa shape index (κ2) is 10.1. The summed E-state index contributed by atoms with van der Waals surface area (Å²) in [6, 6.07) is 17.4. The maximum atomic E-state index is 13.1. The van der Waals surface area contributed by atoms with Gasteiger partial charge in [-0.2, -0.15) is 0 Å². The number of rotatable bonds is 8. The van der Waals surface area contributed by atoms with Crippen molar-refractivity contribution in [3.63, 3.8) is 0 Å². The van der Waals surface area contributed by atoms with Crippen LogP contribution in [0, 0.1) is 17.0 Å². The van der Waals surface area contributed by atoms with Crippen molar-refractivity contribution in [1.29, 1.82) is 0 Å². The SMILES string of the molecule is Cc1ccc(S(=O)(=O)NCc2ccccc2)cc1C(=O)N(C)Cc1cc([N+](=O)[O-])ccc1Cl. The maximum Gasteiger partial charge on any atom is 0.269 e. The third-order valence-corrected chi connectivity index (χ3v) is 6.82. The summed E-state index contributed by atoms with van der Waals surface area (Å²) in [7, 11) is -2.33. The predicted octanol–water partition coefficient (Wildman–Crippen LogP) is 4.31. The molecule has 0 heterocycles. The Bertz CT molecular complexity index is 1300. The van der Waals surface area contributed by atoms with Crippen LogP contribution >= 0.6 is 11.6 Å². The molecule has 172 valence electrons. The van der Waals surface area contributed by atoms with Crippen LogP contribution in [-0.2, 0) is 23.1 Å². The van der Waals surface area contributed by atoms with Crippen molar-refractivity contribution in [3.8, 4) is 0 Å². The second-order valence-corrected chi connectivity index (χ2v) is 9.66. The number of nitro groups is 1. The molecule has 3 rings (SSSR count). The van der Waals surface area contributed by atoms with Crippen LogP contribution in [0.25, 0.3) is 0 Å². The molecule has 3 aromatic rings. The van der Waals surface area contributed by atoms with Crippen molar-refractivity contribution < 1.29 is 18.1 Å². The Morgan fingerprint density at radius 1 is 1.09 bits per heavy atom. The molecule has 10 heteroatoms. The van der Waals surface area contributed by atoms with Crippen LogP contribution in [0.3, 0.4) is 0 Å². The van der Waals surface area contributed by atoms with Gasteiger partial charge < -0.3 is 4.90 Å². The molecule has 33 heavy (non-hydrogen) atoms. The lowest BCUT2D eigenvalue weighted by atomic mass is 10.1. The first-order valence-electron chi connectivity index (χ1n) is 9.91. The summed E-state index contributed by atoms with van der Waals surface area (Å²) in [6.45, 7) is 1.84. The molecular weight excluding hydrogens is 466 g/mol. The van der Waals surface area contributed by atoms with Gasteiger partial charge in [-0.1, -0.05) is 48.0 Å². The molecule has 0 aliphatic carbocycles. The van der Waals surface area contributed by atoms with Crippen LogP contribution in [0.2, 0.25) is 5.02 Å². The topological polar surface area (TPSA) is 110 Å². The van der Waals surface area contributed by atoms with E-state index in [-0.39, 0.29) is 29.2 Å². The Kier molecular flexibility index (Phi) is 7.47. The fraction of sp³-hybridized carbons (Fsp3) is 0.174. The summed E-state index contributed by atoms with van der Waals surface area (Å²) in [4.78, 5) is 24.9. The van der Waals surface area contributed by atoms with Crippen LogP contribution in [0.4, 0.5) is 5.69 Å². The van der Waals surface area contributed by atoms with Crippen molar-refractivity contribution >= 4 is 33.2 Å². The minimum Gasteiger partial charge on any atom is -0.337 e. The van der Waals surface area contributed by atoms with Crippen molar-refractivity contribution in [1.82, 2.24) is 9.62 Å². The number of nitrogens with one attached hydrogen (secondary N) is 1. The first kappa shape index (κ1) is 24.4. The average molecular weight is 488 g/mol. The van der Waals surface area contributed by atoms with E-state index in [1.54, 1.807) is 25.1 Å². The quantitative estimate of drug-likeness (QED) is 0.376. The molecule has 1 N–H and O–H groups in total. The van der Waals surface area contributed by atoms with Gasteiger partial charge in [-0.25, -0.2) is 13.1 Å². The summed E-state index contributed by atoms with van der Waals surface area (Å²) >= 11 is 6.15. The lowest BCUT2D eigenvalue weighted by Crippen LogP contribution is -2.28. The monoisotopic (exact) mass is 487 g/mol. The predicted molar refractivity (Wildman–Crippen MR) is 126 cm³/mol. The van der Waals surface area contributed by atoms with Crippen molar-refractivity contribution in [2.75, 3.05) is 7.05 Å². The van der Waals surface area contributed by atoms with E-state index in [1.165, 1.54) is 42.3 Å². The van der Waals surface area contributed by atoms with E-state index in [1.807, 2.05) is 18.2 Å². The van der Waals surface area contributed by atoms with Gasteiger partial charge in [-0.15, -0.1) is 0 Å². The van der Waals surface area contributed by atoms with Gasteiger partial charge in [0, 0.05) is 42.9 Å². The zero-order valence-corrected chi connectivity index (χ0v) is 19.6. The number of nitro benzene ring substituents is 1. The molecule has 8 nitrogen and oxygen atoms in total. The van der Waals surface area contributed by atoms with E-state index in [0.717, 1.165) is 5.56 Å². The molecule has 0 atom stereocenters. The summed E-state index contributed by atoms with van der Waals surface area (Å²) in [5, 5.41) is 11.3. The number of hydrogen-bond acceptors (Lipinski definition) is 5. The highest BCUT2D eigenvalue weighted by Gasteiger charge is 2.21. The van der Waals surface area contributed by atoms with Crippen LogP contribution in [-0.4, -0.2) is 31.2 Å². The van der Waals surface area contributed by atoms with Crippen LogP contribution in [0.1, 0.15) is 27.0 Å².